The number of nitrogens with one attached hydrogen (secondary N) is 1. The number of nitriles is 2. The maximum absolute atomic E-state index is 12.1. The molecule has 26 heavy (non-hydrogen) atoms. The van der Waals surface area contributed by atoms with Gasteiger partial charge in [-0.3, -0.25) is 4.79 Å². The summed E-state index contributed by atoms with van der Waals surface area (Å²) in [6, 6.07) is 8.83. The van der Waals surface area contributed by atoms with Gasteiger partial charge in [0.1, 0.15) is 29.1 Å². The van der Waals surface area contributed by atoms with E-state index in [1.807, 2.05) is 32.9 Å². The first kappa shape index (κ1) is 18.9. The molecule has 2 aromatic rings. The van der Waals surface area contributed by atoms with Crippen LogP contribution in [0.15, 0.2) is 23.0 Å². The van der Waals surface area contributed by atoms with Crippen LogP contribution in [0.25, 0.3) is 11.1 Å². The standard InChI is InChI=1S/C19H20N4O3/c1-4-11(3)26-15-7-6-12(8-16(15)25-5-2)17-13(9-20)18(22)23-19(24)14(17)10-21/h6-8,11H,4-5H2,1-3H3,(H3,22,23,24). The van der Waals surface area contributed by atoms with Crippen LogP contribution in [-0.4, -0.2) is 17.7 Å². The Morgan fingerprint density at radius 2 is 1.88 bits per heavy atom. The van der Waals surface area contributed by atoms with Crippen LogP contribution in [0.5, 0.6) is 11.5 Å². The lowest BCUT2D eigenvalue weighted by molar-refractivity contribution is 0.203. The molecule has 0 fully saturated rings. The number of benzene rings is 1. The lowest BCUT2D eigenvalue weighted by Gasteiger charge is -2.17. The number of aromatic nitrogens is 1. The number of anilines is 1. The molecular weight excluding hydrogens is 332 g/mol. The summed E-state index contributed by atoms with van der Waals surface area (Å²) in [6.07, 6.45) is 0.828. The maximum Gasteiger partial charge on any atom is 0.268 e. The average Bonchev–Trinajstić information content (AvgIpc) is 2.62. The van der Waals surface area contributed by atoms with E-state index in [0.717, 1.165) is 6.42 Å². The van der Waals surface area contributed by atoms with E-state index in [1.54, 1.807) is 18.2 Å². The average molecular weight is 352 g/mol. The van der Waals surface area contributed by atoms with E-state index in [9.17, 15) is 15.3 Å². The smallest absolute Gasteiger partial charge is 0.268 e. The zero-order valence-electron chi connectivity index (χ0n) is 14.9. The molecule has 0 aliphatic heterocycles. The van der Waals surface area contributed by atoms with Crippen molar-refractivity contribution in [2.24, 2.45) is 0 Å². The summed E-state index contributed by atoms with van der Waals surface area (Å²) in [5.41, 5.74) is 5.66. The summed E-state index contributed by atoms with van der Waals surface area (Å²) < 4.78 is 11.5. The second-order valence-electron chi connectivity index (χ2n) is 5.65. The van der Waals surface area contributed by atoms with Crippen LogP contribution in [0, 0.1) is 22.7 Å². The molecule has 1 aromatic heterocycles. The van der Waals surface area contributed by atoms with Crippen LogP contribution in [0.3, 0.4) is 0 Å². The summed E-state index contributed by atoms with van der Waals surface area (Å²) in [5, 5.41) is 18.8. The summed E-state index contributed by atoms with van der Waals surface area (Å²) in [6.45, 7) is 6.21. The van der Waals surface area contributed by atoms with Gasteiger partial charge < -0.3 is 20.2 Å². The van der Waals surface area contributed by atoms with Crippen molar-refractivity contribution < 1.29 is 9.47 Å². The van der Waals surface area contributed by atoms with Crippen LogP contribution in [0.2, 0.25) is 0 Å². The SMILES string of the molecule is CCOc1cc(-c2c(C#N)c(N)[nH]c(=O)c2C#N)ccc1OC(C)CC. The van der Waals surface area contributed by atoms with Gasteiger partial charge in [0.05, 0.1) is 12.7 Å². The van der Waals surface area contributed by atoms with E-state index in [1.165, 1.54) is 0 Å². The Balaban J connectivity index is 2.71. The molecule has 7 nitrogen and oxygen atoms in total. The minimum atomic E-state index is -0.642. The maximum atomic E-state index is 12.1. The third kappa shape index (κ3) is 3.62. The fourth-order valence-corrected chi connectivity index (χ4v) is 2.46. The van der Waals surface area contributed by atoms with Crippen LogP contribution in [-0.2, 0) is 0 Å². The number of H-pyrrole nitrogens is 1. The van der Waals surface area contributed by atoms with E-state index < -0.39 is 5.56 Å². The molecule has 0 saturated heterocycles. The van der Waals surface area contributed by atoms with Crippen molar-refractivity contribution in [3.63, 3.8) is 0 Å². The quantitative estimate of drug-likeness (QED) is 0.823. The molecule has 7 heteroatoms. The second-order valence-corrected chi connectivity index (χ2v) is 5.65. The molecule has 0 aliphatic rings. The first-order valence-electron chi connectivity index (χ1n) is 8.26. The summed E-state index contributed by atoms with van der Waals surface area (Å²) in [5.74, 6) is 0.945. The van der Waals surface area contributed by atoms with Gasteiger partial charge in [-0.1, -0.05) is 13.0 Å². The molecule has 1 atom stereocenters. The van der Waals surface area contributed by atoms with Crippen molar-refractivity contribution in [1.82, 2.24) is 4.98 Å². The third-order valence-corrected chi connectivity index (χ3v) is 3.90. The Morgan fingerprint density at radius 1 is 1.19 bits per heavy atom. The number of aromatic amines is 1. The van der Waals surface area contributed by atoms with Crippen LogP contribution in [0.1, 0.15) is 38.3 Å². The van der Waals surface area contributed by atoms with Crippen molar-refractivity contribution in [1.29, 1.82) is 10.5 Å². The van der Waals surface area contributed by atoms with E-state index in [0.29, 0.717) is 23.7 Å². The van der Waals surface area contributed by atoms with E-state index >= 15 is 0 Å². The molecule has 0 radical (unpaired) electrons. The molecule has 1 aromatic carbocycles. The van der Waals surface area contributed by atoms with Gasteiger partial charge in [-0.2, -0.15) is 10.5 Å². The Labute approximate surface area is 151 Å². The molecule has 0 spiro atoms. The Hall–Kier alpha value is -3.45. The first-order valence-corrected chi connectivity index (χ1v) is 8.26. The molecular formula is C19H20N4O3. The first-order chi connectivity index (χ1) is 12.5. The van der Waals surface area contributed by atoms with Gasteiger partial charge in [0, 0.05) is 5.56 Å². The number of nitrogens with zero attached hydrogens (tertiary/aromatic N) is 2. The van der Waals surface area contributed by atoms with Crippen LogP contribution < -0.4 is 20.8 Å². The van der Waals surface area contributed by atoms with Crippen molar-refractivity contribution in [3.05, 3.63) is 39.7 Å². The van der Waals surface area contributed by atoms with Crippen molar-refractivity contribution >= 4 is 5.82 Å². The molecule has 3 N–H and O–H groups in total. The number of hydrogen-bond donors (Lipinski definition) is 2. The Bertz CT molecular complexity index is 951. The van der Waals surface area contributed by atoms with E-state index in [4.69, 9.17) is 15.2 Å². The van der Waals surface area contributed by atoms with Gasteiger partial charge in [0.25, 0.3) is 5.56 Å². The number of ether oxygens (including phenoxy) is 2. The van der Waals surface area contributed by atoms with Gasteiger partial charge in [-0.05, 0) is 38.0 Å². The molecule has 2 rings (SSSR count). The molecule has 1 heterocycles. The highest BCUT2D eigenvalue weighted by Crippen LogP contribution is 2.36. The molecule has 0 amide bonds. The monoisotopic (exact) mass is 352 g/mol. The van der Waals surface area contributed by atoms with E-state index in [-0.39, 0.29) is 28.6 Å². The number of nitrogen functional groups attached to an aromatic ring is 1. The van der Waals surface area contributed by atoms with E-state index in [2.05, 4.69) is 4.98 Å². The number of pyridine rings is 1. The zero-order valence-corrected chi connectivity index (χ0v) is 14.9. The summed E-state index contributed by atoms with van der Waals surface area (Å²) in [4.78, 5) is 14.4. The number of nitrogens with two attached hydrogens (primary N) is 1. The predicted molar refractivity (Wildman–Crippen MR) is 97.9 cm³/mol. The van der Waals surface area contributed by atoms with Gasteiger partial charge >= 0.3 is 0 Å². The van der Waals surface area contributed by atoms with Crippen molar-refractivity contribution in [2.75, 3.05) is 12.3 Å². The largest absolute Gasteiger partial charge is 0.490 e. The van der Waals surface area contributed by atoms with Crippen molar-refractivity contribution in [2.45, 2.75) is 33.3 Å². The van der Waals surface area contributed by atoms with Gasteiger partial charge in [0.2, 0.25) is 0 Å². The predicted octanol–water partition coefficient (Wildman–Crippen LogP) is 2.94. The Kier molecular flexibility index (Phi) is 5.87. The molecule has 1 unspecified atom stereocenters. The third-order valence-electron chi connectivity index (χ3n) is 3.90. The molecule has 0 aliphatic carbocycles. The second kappa shape index (κ2) is 8.09. The molecule has 0 saturated carbocycles. The highest BCUT2D eigenvalue weighted by Gasteiger charge is 2.20. The topological polar surface area (TPSA) is 125 Å². The minimum Gasteiger partial charge on any atom is -0.490 e. The van der Waals surface area contributed by atoms with Gasteiger partial charge in [-0.25, -0.2) is 0 Å². The number of hydrogen-bond acceptors (Lipinski definition) is 6. The summed E-state index contributed by atoms with van der Waals surface area (Å²) in [7, 11) is 0. The normalized spacial score (nSPS) is 11.3. The minimum absolute atomic E-state index is 0.000362. The number of rotatable bonds is 6. The lowest BCUT2D eigenvalue weighted by atomic mass is 9.96. The van der Waals surface area contributed by atoms with Crippen molar-refractivity contribution in [3.8, 4) is 34.8 Å². The Morgan fingerprint density at radius 3 is 2.46 bits per heavy atom. The van der Waals surface area contributed by atoms with Crippen LogP contribution >= 0.6 is 0 Å². The highest BCUT2D eigenvalue weighted by molar-refractivity contribution is 5.81. The fraction of sp³-hybridized carbons (Fsp3) is 0.316. The molecule has 0 bridgehead atoms. The lowest BCUT2D eigenvalue weighted by Crippen LogP contribution is -2.16. The van der Waals surface area contributed by atoms with Gasteiger partial charge in [-0.15, -0.1) is 0 Å². The zero-order chi connectivity index (χ0) is 19.3. The fourth-order valence-electron chi connectivity index (χ4n) is 2.46. The highest BCUT2D eigenvalue weighted by atomic mass is 16.5. The van der Waals surface area contributed by atoms with Gasteiger partial charge in [0.15, 0.2) is 11.5 Å². The summed E-state index contributed by atoms with van der Waals surface area (Å²) >= 11 is 0. The van der Waals surface area contributed by atoms with Crippen LogP contribution in [0.4, 0.5) is 5.82 Å². The molecule has 134 valence electrons.